The van der Waals surface area contributed by atoms with Crippen LogP contribution >= 0.6 is 0 Å². The summed E-state index contributed by atoms with van der Waals surface area (Å²) in [5.74, 6) is 4.29. The van der Waals surface area contributed by atoms with Crippen molar-refractivity contribution in [3.63, 3.8) is 0 Å². The zero-order valence-corrected chi connectivity index (χ0v) is 14.6. The van der Waals surface area contributed by atoms with E-state index in [-0.39, 0.29) is 0 Å². The first-order valence-corrected chi connectivity index (χ1v) is 9.64. The van der Waals surface area contributed by atoms with E-state index in [0.717, 1.165) is 23.7 Å². The van der Waals surface area contributed by atoms with Crippen LogP contribution in [-0.4, -0.2) is 5.78 Å². The van der Waals surface area contributed by atoms with Crippen molar-refractivity contribution in [1.82, 2.24) is 0 Å². The lowest BCUT2D eigenvalue weighted by Gasteiger charge is -2.59. The molecule has 7 atom stereocenters. The van der Waals surface area contributed by atoms with E-state index in [1.807, 2.05) is 6.92 Å². The minimum absolute atomic E-state index is 0.320. The lowest BCUT2D eigenvalue weighted by molar-refractivity contribution is -0.130. The second kappa shape index (κ2) is 4.95. The predicted molar refractivity (Wildman–Crippen MR) is 90.4 cm³/mol. The summed E-state index contributed by atoms with van der Waals surface area (Å²) in [4.78, 5) is 12.1. The molecule has 0 aromatic rings. The Kier molecular flexibility index (Phi) is 3.37. The van der Waals surface area contributed by atoms with Gasteiger partial charge in [-0.2, -0.15) is 0 Å². The molecular formula is C21H32O. The molecule has 4 aliphatic rings. The average Bonchev–Trinajstić information content (AvgIpc) is 2.84. The molecule has 4 aliphatic carbocycles. The Bertz CT molecular complexity index is 506. The lowest BCUT2D eigenvalue weighted by atomic mass is 9.45. The summed E-state index contributed by atoms with van der Waals surface area (Å²) in [5, 5.41) is 0. The van der Waals surface area contributed by atoms with Gasteiger partial charge in [-0.1, -0.05) is 26.0 Å². The van der Waals surface area contributed by atoms with Crippen LogP contribution in [-0.2, 0) is 4.79 Å². The number of allylic oxidation sites excluding steroid dienone is 2. The molecule has 3 saturated carbocycles. The van der Waals surface area contributed by atoms with E-state index < -0.39 is 0 Å². The highest BCUT2D eigenvalue weighted by molar-refractivity contribution is 5.79. The molecule has 0 saturated heterocycles. The van der Waals surface area contributed by atoms with Crippen LogP contribution in [0, 0.1) is 40.4 Å². The molecule has 3 fully saturated rings. The lowest BCUT2D eigenvalue weighted by Crippen LogP contribution is -2.52. The molecule has 0 amide bonds. The number of carbonyl (C=O) groups excluding carboxylic acids is 1. The Morgan fingerprint density at radius 1 is 0.955 bits per heavy atom. The third-order valence-electron chi connectivity index (χ3n) is 8.65. The summed E-state index contributed by atoms with van der Waals surface area (Å²) in [7, 11) is 0. The van der Waals surface area contributed by atoms with E-state index in [0.29, 0.717) is 22.5 Å². The second-order valence-corrected chi connectivity index (χ2v) is 9.32. The Labute approximate surface area is 135 Å². The summed E-state index contributed by atoms with van der Waals surface area (Å²) in [6.45, 7) is 6.90. The number of Topliss-reactive ketones (excluding diaryl/α,β-unsaturated/α-hetero) is 1. The standard InChI is InChI=1S/C21H32O/c1-14(22)17-9-10-18-16-8-7-15-6-4-5-12-20(15,2)19(16)11-13-21(17,18)3/h4,6,15-19H,5,7-13H2,1-3H3/t15-,16+,17-,18+,19+,20+,21-/m1/s1. The topological polar surface area (TPSA) is 17.1 Å². The van der Waals surface area contributed by atoms with Crippen LogP contribution in [0.2, 0.25) is 0 Å². The molecule has 0 aliphatic heterocycles. The van der Waals surface area contributed by atoms with Gasteiger partial charge in [-0.3, -0.25) is 4.79 Å². The number of ketones is 1. The summed E-state index contributed by atoms with van der Waals surface area (Å²) in [6, 6.07) is 0. The first kappa shape index (κ1) is 15.0. The smallest absolute Gasteiger partial charge is 0.133 e. The molecule has 0 spiro atoms. The average molecular weight is 300 g/mol. The number of hydrogen-bond donors (Lipinski definition) is 0. The van der Waals surface area contributed by atoms with Gasteiger partial charge in [-0.15, -0.1) is 0 Å². The quantitative estimate of drug-likeness (QED) is 0.592. The van der Waals surface area contributed by atoms with Gasteiger partial charge in [0.2, 0.25) is 0 Å². The third-order valence-corrected chi connectivity index (χ3v) is 8.65. The highest BCUT2D eigenvalue weighted by Crippen LogP contribution is 2.66. The third kappa shape index (κ3) is 1.86. The molecule has 4 rings (SSSR count). The molecule has 0 aromatic carbocycles. The van der Waals surface area contributed by atoms with E-state index in [1.54, 1.807) is 0 Å². The molecule has 22 heavy (non-hydrogen) atoms. The number of carbonyl (C=O) groups is 1. The molecule has 0 radical (unpaired) electrons. The maximum Gasteiger partial charge on any atom is 0.133 e. The van der Waals surface area contributed by atoms with Crippen molar-refractivity contribution in [3.8, 4) is 0 Å². The van der Waals surface area contributed by atoms with Crippen LogP contribution in [0.4, 0.5) is 0 Å². The first-order valence-electron chi connectivity index (χ1n) is 9.64. The highest BCUT2D eigenvalue weighted by Gasteiger charge is 2.59. The molecule has 0 N–H and O–H groups in total. The van der Waals surface area contributed by atoms with Gasteiger partial charge in [0.1, 0.15) is 5.78 Å². The van der Waals surface area contributed by atoms with Crippen molar-refractivity contribution >= 4 is 5.78 Å². The van der Waals surface area contributed by atoms with Gasteiger partial charge in [0.05, 0.1) is 0 Å². The van der Waals surface area contributed by atoms with Crippen molar-refractivity contribution in [1.29, 1.82) is 0 Å². The van der Waals surface area contributed by atoms with Crippen molar-refractivity contribution in [2.45, 2.75) is 72.1 Å². The normalized spacial score (nSPS) is 53.5. The van der Waals surface area contributed by atoms with Gasteiger partial charge in [-0.05, 0) is 92.8 Å². The molecular weight excluding hydrogens is 268 g/mol. The van der Waals surface area contributed by atoms with Crippen molar-refractivity contribution in [3.05, 3.63) is 12.2 Å². The maximum atomic E-state index is 12.1. The Morgan fingerprint density at radius 3 is 2.50 bits per heavy atom. The van der Waals surface area contributed by atoms with Crippen molar-refractivity contribution < 1.29 is 4.79 Å². The van der Waals surface area contributed by atoms with Crippen LogP contribution < -0.4 is 0 Å². The Morgan fingerprint density at radius 2 is 1.73 bits per heavy atom. The molecule has 122 valence electrons. The van der Waals surface area contributed by atoms with Crippen LogP contribution in [0.1, 0.15) is 72.1 Å². The van der Waals surface area contributed by atoms with Gasteiger partial charge in [0.25, 0.3) is 0 Å². The summed E-state index contributed by atoms with van der Waals surface area (Å²) < 4.78 is 0. The largest absolute Gasteiger partial charge is 0.300 e. The zero-order valence-electron chi connectivity index (χ0n) is 14.6. The zero-order chi connectivity index (χ0) is 15.5. The number of rotatable bonds is 1. The van der Waals surface area contributed by atoms with E-state index in [9.17, 15) is 4.79 Å². The fourth-order valence-corrected chi connectivity index (χ4v) is 7.49. The molecule has 0 heterocycles. The fourth-order valence-electron chi connectivity index (χ4n) is 7.49. The Balaban J connectivity index is 1.65. The minimum Gasteiger partial charge on any atom is -0.300 e. The summed E-state index contributed by atoms with van der Waals surface area (Å²) in [5.41, 5.74) is 0.869. The van der Waals surface area contributed by atoms with E-state index in [1.165, 1.54) is 51.4 Å². The molecule has 0 unspecified atom stereocenters. The predicted octanol–water partition coefficient (Wildman–Crippen LogP) is 5.40. The van der Waals surface area contributed by atoms with Gasteiger partial charge >= 0.3 is 0 Å². The molecule has 1 heteroatoms. The summed E-state index contributed by atoms with van der Waals surface area (Å²) >= 11 is 0. The van der Waals surface area contributed by atoms with Gasteiger partial charge in [0, 0.05) is 5.92 Å². The van der Waals surface area contributed by atoms with E-state index in [4.69, 9.17) is 0 Å². The fraction of sp³-hybridized carbons (Fsp3) is 0.857. The SMILES string of the molecule is CC(=O)[C@H]1CC[C@H]2[C@@H]3CC[C@H]4C=CCC[C@]4(C)[C@H]3CC[C@]12C. The van der Waals surface area contributed by atoms with Crippen molar-refractivity contribution in [2.24, 2.45) is 40.4 Å². The molecule has 0 aromatic heterocycles. The van der Waals surface area contributed by atoms with E-state index >= 15 is 0 Å². The minimum atomic E-state index is 0.320. The van der Waals surface area contributed by atoms with Gasteiger partial charge < -0.3 is 0 Å². The first-order chi connectivity index (χ1) is 10.5. The van der Waals surface area contributed by atoms with Crippen LogP contribution in [0.3, 0.4) is 0 Å². The number of fused-ring (bicyclic) bond motifs is 5. The maximum absolute atomic E-state index is 12.1. The molecule has 1 nitrogen and oxygen atoms in total. The highest BCUT2D eigenvalue weighted by atomic mass is 16.1. The van der Waals surface area contributed by atoms with Crippen LogP contribution in [0.25, 0.3) is 0 Å². The van der Waals surface area contributed by atoms with E-state index in [2.05, 4.69) is 26.0 Å². The molecule has 0 bridgehead atoms. The van der Waals surface area contributed by atoms with Crippen LogP contribution in [0.5, 0.6) is 0 Å². The van der Waals surface area contributed by atoms with Gasteiger partial charge in [0.15, 0.2) is 0 Å². The second-order valence-electron chi connectivity index (χ2n) is 9.32. The Hall–Kier alpha value is -0.590. The monoisotopic (exact) mass is 300 g/mol. The summed E-state index contributed by atoms with van der Waals surface area (Å²) in [6.07, 6.45) is 15.6. The number of hydrogen-bond acceptors (Lipinski definition) is 1. The van der Waals surface area contributed by atoms with Crippen molar-refractivity contribution in [2.75, 3.05) is 0 Å². The van der Waals surface area contributed by atoms with Gasteiger partial charge in [-0.25, -0.2) is 0 Å². The van der Waals surface area contributed by atoms with Crippen LogP contribution in [0.15, 0.2) is 12.2 Å².